The molecule has 6 aliphatic rings. The van der Waals surface area contributed by atoms with Crippen LogP contribution < -0.4 is 0 Å². The molecule has 3 aliphatic heterocycles. The van der Waals surface area contributed by atoms with Crippen molar-refractivity contribution in [2.45, 2.75) is 75.9 Å². The summed E-state index contributed by atoms with van der Waals surface area (Å²) in [5, 5.41) is 0. The van der Waals surface area contributed by atoms with Crippen molar-refractivity contribution >= 4 is 25.2 Å². The summed E-state index contributed by atoms with van der Waals surface area (Å²) in [6.07, 6.45) is 3.10. The SMILES string of the molecule is C=C1[C@@H]2C[C@H]3OB([C@@H]4CCCN4C(=O)CN(C(=O)OCc4ccccc4)C4CCN(C(=O)OCc5ccccc5)C4)O[C@@]3(C)[C@H]1C2. The molecule has 6 atom stereocenters. The summed E-state index contributed by atoms with van der Waals surface area (Å²) in [4.78, 5) is 45.4. The molecule has 1 unspecified atom stereocenters. The molecule has 0 spiro atoms. The van der Waals surface area contributed by atoms with Crippen molar-refractivity contribution in [3.8, 4) is 0 Å². The summed E-state index contributed by atoms with van der Waals surface area (Å²) in [6, 6.07) is 18.6. The van der Waals surface area contributed by atoms with Gasteiger partial charge in [-0.3, -0.25) is 9.69 Å². The smallest absolute Gasteiger partial charge is 0.445 e. The van der Waals surface area contributed by atoms with Gasteiger partial charge in [0.25, 0.3) is 0 Å². The third-order valence-electron chi connectivity index (χ3n) is 10.7. The Hall–Kier alpha value is -3.83. The Balaban J connectivity index is 1.02. The lowest BCUT2D eigenvalue weighted by Gasteiger charge is -2.55. The minimum atomic E-state index is -0.581. The van der Waals surface area contributed by atoms with E-state index in [4.69, 9.17) is 18.8 Å². The molecule has 3 heterocycles. The van der Waals surface area contributed by atoms with Gasteiger partial charge in [0.05, 0.1) is 23.7 Å². The molecule has 242 valence electrons. The molecule has 46 heavy (non-hydrogen) atoms. The predicted octanol–water partition coefficient (Wildman–Crippen LogP) is 4.82. The highest BCUT2D eigenvalue weighted by Gasteiger charge is 2.64. The molecule has 0 radical (unpaired) electrons. The van der Waals surface area contributed by atoms with E-state index in [2.05, 4.69) is 13.5 Å². The molecule has 3 saturated carbocycles. The van der Waals surface area contributed by atoms with Crippen molar-refractivity contribution in [1.82, 2.24) is 14.7 Å². The lowest BCUT2D eigenvalue weighted by Crippen LogP contribution is -2.57. The summed E-state index contributed by atoms with van der Waals surface area (Å²) < 4.78 is 24.4. The summed E-state index contributed by atoms with van der Waals surface area (Å²) >= 11 is 0. The number of carbonyl (C=O) groups excluding carboxylic acids is 3. The van der Waals surface area contributed by atoms with Gasteiger partial charge in [0, 0.05) is 25.6 Å². The van der Waals surface area contributed by atoms with E-state index in [1.165, 1.54) is 10.5 Å². The molecule has 2 aromatic rings. The van der Waals surface area contributed by atoms with E-state index in [1.54, 1.807) is 4.90 Å². The van der Waals surface area contributed by atoms with Crippen LogP contribution in [0.2, 0.25) is 0 Å². The highest BCUT2D eigenvalue weighted by atomic mass is 16.7. The molecule has 3 amide bonds. The second kappa shape index (κ2) is 12.8. The number of rotatable bonds is 8. The number of hydrogen-bond donors (Lipinski definition) is 0. The average molecular weight is 628 g/mol. The van der Waals surface area contributed by atoms with Gasteiger partial charge in [0.2, 0.25) is 5.91 Å². The molecular weight excluding hydrogens is 585 g/mol. The van der Waals surface area contributed by atoms with Crippen LogP contribution in [0.5, 0.6) is 0 Å². The third-order valence-corrected chi connectivity index (χ3v) is 10.7. The molecular formula is C35H42BN3O7. The predicted molar refractivity (Wildman–Crippen MR) is 170 cm³/mol. The molecule has 2 aromatic carbocycles. The van der Waals surface area contributed by atoms with E-state index in [0.717, 1.165) is 36.8 Å². The van der Waals surface area contributed by atoms with Crippen LogP contribution in [0.25, 0.3) is 0 Å². The fraction of sp³-hybridized carbons (Fsp3) is 0.514. The largest absolute Gasteiger partial charge is 0.481 e. The number of benzene rings is 2. The lowest BCUT2D eigenvalue weighted by molar-refractivity contribution is -0.132. The average Bonchev–Trinajstić information content (AvgIpc) is 3.84. The Labute approximate surface area is 270 Å². The first-order chi connectivity index (χ1) is 22.3. The van der Waals surface area contributed by atoms with Gasteiger partial charge in [-0.05, 0) is 56.1 Å². The summed E-state index contributed by atoms with van der Waals surface area (Å²) in [7, 11) is -0.506. The van der Waals surface area contributed by atoms with Crippen LogP contribution in [-0.2, 0) is 36.8 Å². The van der Waals surface area contributed by atoms with Crippen LogP contribution in [0.1, 0.15) is 50.2 Å². The molecule has 6 fully saturated rings. The molecule has 2 bridgehead atoms. The molecule has 0 aromatic heterocycles. The van der Waals surface area contributed by atoms with E-state index in [1.807, 2.05) is 65.6 Å². The maximum absolute atomic E-state index is 14.0. The number of carbonyl (C=O) groups is 3. The zero-order valence-corrected chi connectivity index (χ0v) is 26.4. The van der Waals surface area contributed by atoms with Crippen LogP contribution in [0.4, 0.5) is 9.59 Å². The second-order valence-corrected chi connectivity index (χ2v) is 13.5. The fourth-order valence-electron chi connectivity index (χ4n) is 7.97. The Morgan fingerprint density at radius 2 is 1.67 bits per heavy atom. The summed E-state index contributed by atoms with van der Waals surface area (Å²) in [6.45, 7) is 7.77. The number of ether oxygens (including phenoxy) is 2. The Morgan fingerprint density at radius 3 is 2.37 bits per heavy atom. The van der Waals surface area contributed by atoms with Crippen molar-refractivity contribution in [3.05, 3.63) is 83.9 Å². The standard InChI is InChI=1S/C35H42BN3O7/c1-24-27-18-29(24)35(2)30(19-27)45-36(46-35)31-14-9-16-38(31)32(40)21-39(34(42)44-23-26-12-7-4-8-13-26)28-15-17-37(20-28)33(41)43-22-25-10-5-3-6-11-25/h3-8,10-13,27-31H,1,9,14-23H2,2H3/t27-,28?,29-,30+,31-,35-/m0/s1. The molecule has 3 saturated heterocycles. The monoisotopic (exact) mass is 627 g/mol. The molecule has 3 aliphatic carbocycles. The maximum Gasteiger partial charge on any atom is 0.481 e. The maximum atomic E-state index is 14.0. The van der Waals surface area contributed by atoms with Gasteiger partial charge < -0.3 is 28.6 Å². The summed E-state index contributed by atoms with van der Waals surface area (Å²) in [5.41, 5.74) is 2.60. The first-order valence-electron chi connectivity index (χ1n) is 16.5. The summed E-state index contributed by atoms with van der Waals surface area (Å²) in [5.74, 6) is 0.399. The first kappa shape index (κ1) is 30.8. The van der Waals surface area contributed by atoms with Crippen molar-refractivity contribution < 1.29 is 33.2 Å². The van der Waals surface area contributed by atoms with Gasteiger partial charge in [-0.2, -0.15) is 0 Å². The second-order valence-electron chi connectivity index (χ2n) is 13.5. The van der Waals surface area contributed by atoms with Crippen molar-refractivity contribution in [1.29, 1.82) is 0 Å². The highest BCUT2D eigenvalue weighted by Crippen LogP contribution is 2.59. The normalized spacial score (nSPS) is 29.7. The van der Waals surface area contributed by atoms with Crippen molar-refractivity contribution in [2.24, 2.45) is 11.8 Å². The van der Waals surface area contributed by atoms with Gasteiger partial charge in [-0.1, -0.05) is 72.8 Å². The van der Waals surface area contributed by atoms with Gasteiger partial charge in [0.15, 0.2) is 0 Å². The van der Waals surface area contributed by atoms with E-state index in [9.17, 15) is 14.4 Å². The molecule has 10 nitrogen and oxygen atoms in total. The Morgan fingerprint density at radius 1 is 0.978 bits per heavy atom. The van der Waals surface area contributed by atoms with E-state index in [-0.39, 0.29) is 44.3 Å². The number of amides is 3. The van der Waals surface area contributed by atoms with Crippen molar-refractivity contribution in [2.75, 3.05) is 26.2 Å². The van der Waals surface area contributed by atoms with E-state index in [0.29, 0.717) is 31.3 Å². The first-order valence-corrected chi connectivity index (χ1v) is 16.5. The zero-order valence-electron chi connectivity index (χ0n) is 26.4. The van der Waals surface area contributed by atoms with Crippen LogP contribution in [-0.4, -0.2) is 89.8 Å². The lowest BCUT2D eigenvalue weighted by atomic mass is 9.54. The van der Waals surface area contributed by atoms with Crippen LogP contribution in [0, 0.1) is 11.8 Å². The van der Waals surface area contributed by atoms with Crippen LogP contribution >= 0.6 is 0 Å². The zero-order chi connectivity index (χ0) is 31.8. The van der Waals surface area contributed by atoms with Gasteiger partial charge >= 0.3 is 19.3 Å². The minimum absolute atomic E-state index is 0.000108. The molecule has 0 N–H and O–H groups in total. The van der Waals surface area contributed by atoms with Gasteiger partial charge in [-0.25, -0.2) is 9.59 Å². The Kier molecular flexibility index (Phi) is 8.54. The van der Waals surface area contributed by atoms with Crippen LogP contribution in [0.15, 0.2) is 72.8 Å². The number of likely N-dealkylation sites (tertiary alicyclic amines) is 2. The number of hydrogen-bond acceptors (Lipinski definition) is 7. The highest BCUT2D eigenvalue weighted by molar-refractivity contribution is 6.48. The topological polar surface area (TPSA) is 97.9 Å². The third kappa shape index (κ3) is 5.91. The molecule has 11 heteroatoms. The fourth-order valence-corrected chi connectivity index (χ4v) is 7.97. The van der Waals surface area contributed by atoms with Crippen molar-refractivity contribution in [3.63, 3.8) is 0 Å². The van der Waals surface area contributed by atoms with Gasteiger partial charge in [-0.15, -0.1) is 0 Å². The van der Waals surface area contributed by atoms with E-state index >= 15 is 0 Å². The van der Waals surface area contributed by atoms with E-state index < -0.39 is 30.9 Å². The minimum Gasteiger partial charge on any atom is -0.445 e. The Bertz CT molecular complexity index is 1460. The number of nitrogens with zero attached hydrogens (tertiary/aromatic N) is 3. The quantitative estimate of drug-likeness (QED) is 0.306. The van der Waals surface area contributed by atoms with Gasteiger partial charge in [0.1, 0.15) is 19.8 Å². The van der Waals surface area contributed by atoms with Crippen LogP contribution in [0.3, 0.4) is 0 Å². The molecule has 8 rings (SSSR count).